The first kappa shape index (κ1) is 23.8. The molecular weight excluding hydrogens is 502 g/mol. The summed E-state index contributed by atoms with van der Waals surface area (Å²) in [6, 6.07) is 18.2. The highest BCUT2D eigenvalue weighted by Gasteiger charge is 2.42. The Morgan fingerprint density at radius 3 is 2.51 bits per heavy atom. The van der Waals surface area contributed by atoms with Crippen LogP contribution in [0.15, 0.2) is 66.9 Å². The largest absolute Gasteiger partial charge is 0.351 e. The second-order valence-corrected chi connectivity index (χ2v) is 9.84. The van der Waals surface area contributed by atoms with E-state index in [1.807, 2.05) is 48.2 Å². The quantitative estimate of drug-likeness (QED) is 0.281. The van der Waals surface area contributed by atoms with Crippen molar-refractivity contribution in [3.63, 3.8) is 0 Å². The Kier molecular flexibility index (Phi) is 6.30. The molecule has 0 amide bonds. The minimum Gasteiger partial charge on any atom is -0.351 e. The van der Waals surface area contributed by atoms with Gasteiger partial charge in [0.15, 0.2) is 5.11 Å². The highest BCUT2D eigenvalue weighted by atomic mass is 35.5. The molecule has 3 heterocycles. The summed E-state index contributed by atoms with van der Waals surface area (Å²) in [6.45, 7) is 5.85. The van der Waals surface area contributed by atoms with Crippen LogP contribution in [-0.4, -0.2) is 14.7 Å². The molecule has 2 atom stereocenters. The SMILES string of the molecule is Cc1cc(N2C(=S)N[C@@H](c3ccccn3)[C@@H]2c2cc(C)n(-c3cccc(Cl)c3Cl)c2C)ccc1F. The molecule has 178 valence electrons. The molecular formula is C27H23Cl2FN4S. The van der Waals surface area contributed by atoms with Gasteiger partial charge in [0.2, 0.25) is 0 Å². The van der Waals surface area contributed by atoms with E-state index in [2.05, 4.69) is 27.9 Å². The smallest absolute Gasteiger partial charge is 0.174 e. The number of nitrogens with one attached hydrogen (secondary N) is 1. The molecule has 2 aromatic heterocycles. The van der Waals surface area contributed by atoms with Gasteiger partial charge in [-0.05, 0) is 92.6 Å². The van der Waals surface area contributed by atoms with E-state index in [1.54, 1.807) is 25.3 Å². The van der Waals surface area contributed by atoms with Crippen LogP contribution in [0, 0.1) is 26.6 Å². The van der Waals surface area contributed by atoms with Gasteiger partial charge in [0.25, 0.3) is 0 Å². The van der Waals surface area contributed by atoms with Crippen molar-refractivity contribution in [1.29, 1.82) is 0 Å². The molecule has 4 nitrogen and oxygen atoms in total. The summed E-state index contributed by atoms with van der Waals surface area (Å²) < 4.78 is 16.2. The number of halogens is 3. The summed E-state index contributed by atoms with van der Waals surface area (Å²) in [5, 5.41) is 5.01. The Hall–Kier alpha value is -2.93. The van der Waals surface area contributed by atoms with Crippen LogP contribution in [0.2, 0.25) is 10.0 Å². The average Bonchev–Trinajstić information content (AvgIpc) is 3.33. The van der Waals surface area contributed by atoms with Gasteiger partial charge in [0, 0.05) is 23.3 Å². The van der Waals surface area contributed by atoms with Gasteiger partial charge in [-0.1, -0.05) is 35.3 Å². The van der Waals surface area contributed by atoms with Gasteiger partial charge in [-0.2, -0.15) is 0 Å². The third kappa shape index (κ3) is 4.10. The van der Waals surface area contributed by atoms with Crippen molar-refractivity contribution >= 4 is 46.2 Å². The first-order valence-electron chi connectivity index (χ1n) is 11.2. The summed E-state index contributed by atoms with van der Waals surface area (Å²) in [5.41, 5.74) is 6.13. The summed E-state index contributed by atoms with van der Waals surface area (Å²) >= 11 is 18.8. The average molecular weight is 525 g/mol. The molecule has 0 spiro atoms. The van der Waals surface area contributed by atoms with Crippen molar-refractivity contribution in [3.05, 3.63) is 111 Å². The van der Waals surface area contributed by atoms with Crippen LogP contribution < -0.4 is 10.2 Å². The second-order valence-electron chi connectivity index (χ2n) is 8.66. The first-order valence-corrected chi connectivity index (χ1v) is 12.3. The molecule has 0 saturated carbocycles. The van der Waals surface area contributed by atoms with Gasteiger partial charge < -0.3 is 14.8 Å². The zero-order valence-corrected chi connectivity index (χ0v) is 21.7. The zero-order valence-electron chi connectivity index (χ0n) is 19.4. The maximum Gasteiger partial charge on any atom is 0.174 e. The van der Waals surface area contributed by atoms with Crippen molar-refractivity contribution in [2.45, 2.75) is 32.9 Å². The van der Waals surface area contributed by atoms with Gasteiger partial charge in [-0.3, -0.25) is 4.98 Å². The Bertz CT molecular complexity index is 1440. The lowest BCUT2D eigenvalue weighted by molar-refractivity contribution is 0.564. The van der Waals surface area contributed by atoms with Crippen molar-refractivity contribution in [2.24, 2.45) is 0 Å². The Morgan fingerprint density at radius 1 is 1.00 bits per heavy atom. The summed E-state index contributed by atoms with van der Waals surface area (Å²) in [7, 11) is 0. The minimum atomic E-state index is -0.251. The molecule has 0 bridgehead atoms. The molecule has 0 radical (unpaired) electrons. The van der Waals surface area contributed by atoms with E-state index in [0.29, 0.717) is 20.7 Å². The molecule has 1 fully saturated rings. The lowest BCUT2D eigenvalue weighted by Crippen LogP contribution is -2.29. The number of hydrogen-bond acceptors (Lipinski definition) is 2. The number of pyridine rings is 1. The van der Waals surface area contributed by atoms with Crippen molar-refractivity contribution in [2.75, 3.05) is 4.90 Å². The molecule has 2 aromatic carbocycles. The number of nitrogens with zero attached hydrogens (tertiary/aromatic N) is 3. The van der Waals surface area contributed by atoms with Gasteiger partial charge in [-0.15, -0.1) is 0 Å². The topological polar surface area (TPSA) is 33.1 Å². The Labute approximate surface area is 219 Å². The van der Waals surface area contributed by atoms with Crippen LogP contribution in [0.5, 0.6) is 0 Å². The van der Waals surface area contributed by atoms with Crippen molar-refractivity contribution < 1.29 is 4.39 Å². The van der Waals surface area contributed by atoms with Gasteiger partial charge >= 0.3 is 0 Å². The fourth-order valence-corrected chi connectivity index (χ4v) is 5.58. The fraction of sp³-hybridized carbons (Fsp3) is 0.185. The first-order chi connectivity index (χ1) is 16.8. The molecule has 4 aromatic rings. The minimum absolute atomic E-state index is 0.210. The maximum absolute atomic E-state index is 14.1. The number of rotatable bonds is 4. The van der Waals surface area contributed by atoms with Crippen molar-refractivity contribution in [3.8, 4) is 5.69 Å². The standard InChI is InChI=1S/C27H23Cl2FN4S/c1-15-13-18(10-11-21(15)30)34-26(25(32-27(34)35)22-8-4-5-12-31-22)19-14-16(2)33(17(19)3)23-9-6-7-20(28)24(23)29/h4-14,25-26H,1-3H3,(H,32,35)/t25-,26-/m0/s1. The van der Waals surface area contributed by atoms with Crippen LogP contribution in [-0.2, 0) is 0 Å². The third-order valence-electron chi connectivity index (χ3n) is 6.48. The monoisotopic (exact) mass is 524 g/mol. The number of aryl methyl sites for hydroxylation is 2. The molecule has 0 aliphatic carbocycles. The van der Waals surface area contributed by atoms with E-state index in [1.165, 1.54) is 6.07 Å². The van der Waals surface area contributed by atoms with E-state index in [4.69, 9.17) is 35.4 Å². The number of anilines is 1. The number of benzene rings is 2. The molecule has 1 saturated heterocycles. The molecule has 1 aliphatic rings. The van der Waals surface area contributed by atoms with Crippen molar-refractivity contribution in [1.82, 2.24) is 14.9 Å². The lowest BCUT2D eigenvalue weighted by atomic mass is 9.96. The Morgan fingerprint density at radius 2 is 1.80 bits per heavy atom. The summed E-state index contributed by atoms with van der Waals surface area (Å²) in [5.74, 6) is -0.251. The molecule has 35 heavy (non-hydrogen) atoms. The highest BCUT2D eigenvalue weighted by Crippen LogP contribution is 2.44. The highest BCUT2D eigenvalue weighted by molar-refractivity contribution is 7.80. The number of aromatic nitrogens is 2. The molecule has 1 N–H and O–H groups in total. The van der Waals surface area contributed by atoms with Gasteiger partial charge in [-0.25, -0.2) is 4.39 Å². The third-order valence-corrected chi connectivity index (χ3v) is 7.60. The van der Waals surface area contributed by atoms with E-state index < -0.39 is 0 Å². The van der Waals surface area contributed by atoms with Gasteiger partial charge in [0.05, 0.1) is 33.5 Å². The Balaban J connectivity index is 1.71. The predicted octanol–water partition coefficient (Wildman–Crippen LogP) is 7.42. The van der Waals surface area contributed by atoms with E-state index in [0.717, 1.165) is 34.0 Å². The summed E-state index contributed by atoms with van der Waals surface area (Å²) in [6.07, 6.45) is 1.77. The van der Waals surface area contributed by atoms with Crippen LogP contribution in [0.3, 0.4) is 0 Å². The normalized spacial score (nSPS) is 17.7. The zero-order chi connectivity index (χ0) is 24.9. The van der Waals surface area contributed by atoms with Gasteiger partial charge in [0.1, 0.15) is 5.82 Å². The summed E-state index contributed by atoms with van der Waals surface area (Å²) in [4.78, 5) is 6.67. The molecule has 0 unspecified atom stereocenters. The van der Waals surface area contributed by atoms with E-state index >= 15 is 0 Å². The predicted molar refractivity (Wildman–Crippen MR) is 144 cm³/mol. The molecule has 5 rings (SSSR count). The second kappa shape index (κ2) is 9.26. The van der Waals surface area contributed by atoms with Crippen LogP contribution >= 0.6 is 35.4 Å². The van der Waals surface area contributed by atoms with Crippen LogP contribution in [0.1, 0.15) is 40.3 Å². The van der Waals surface area contributed by atoms with E-state index in [-0.39, 0.29) is 17.9 Å². The number of thiocarbonyl (C=S) groups is 1. The number of hydrogen-bond donors (Lipinski definition) is 1. The van der Waals surface area contributed by atoms with E-state index in [9.17, 15) is 4.39 Å². The van der Waals surface area contributed by atoms with Crippen LogP contribution in [0.4, 0.5) is 10.1 Å². The van der Waals surface area contributed by atoms with Crippen LogP contribution in [0.25, 0.3) is 5.69 Å². The fourth-order valence-electron chi connectivity index (χ4n) is 4.85. The molecule has 8 heteroatoms. The maximum atomic E-state index is 14.1. The molecule has 1 aliphatic heterocycles. The lowest BCUT2D eigenvalue weighted by Gasteiger charge is -2.28.